The highest BCUT2D eigenvalue weighted by molar-refractivity contribution is 6.30. The molecule has 0 aromatic heterocycles. The molecule has 2 fully saturated rings. The normalized spacial score (nSPS) is 31.4. The van der Waals surface area contributed by atoms with Crippen LogP contribution in [0.5, 0.6) is 11.5 Å². The average molecular weight is 459 g/mol. The molecule has 4 rings (SSSR count). The highest BCUT2D eigenvalue weighted by Crippen LogP contribution is 2.85. The minimum atomic E-state index is -1.69. The molecule has 2 aromatic carbocycles. The molecule has 6 nitrogen and oxygen atoms in total. The highest BCUT2D eigenvalue weighted by Gasteiger charge is 3.00. The van der Waals surface area contributed by atoms with Crippen LogP contribution in [-0.2, 0) is 9.59 Å². The zero-order valence-electron chi connectivity index (χ0n) is 18.7. The second-order valence-corrected chi connectivity index (χ2v) is 10.4. The molecule has 0 amide bonds. The van der Waals surface area contributed by atoms with Gasteiger partial charge in [0.25, 0.3) is 0 Å². The predicted octanol–water partition coefficient (Wildman–Crippen LogP) is 5.07. The van der Waals surface area contributed by atoms with E-state index in [1.165, 1.54) is 0 Å². The van der Waals surface area contributed by atoms with Gasteiger partial charge in [-0.3, -0.25) is 9.59 Å². The highest BCUT2D eigenvalue weighted by atomic mass is 35.5. The molecular formula is C25H27ClO6. The summed E-state index contributed by atoms with van der Waals surface area (Å²) >= 11 is 5.95. The van der Waals surface area contributed by atoms with Gasteiger partial charge in [-0.25, -0.2) is 0 Å². The van der Waals surface area contributed by atoms with E-state index in [0.717, 1.165) is 5.56 Å². The molecule has 170 valence electrons. The summed E-state index contributed by atoms with van der Waals surface area (Å²) in [5.74, 6) is -1.46. The van der Waals surface area contributed by atoms with Crippen LogP contribution >= 0.6 is 11.6 Å². The number of carboxylic acids is 2. The van der Waals surface area contributed by atoms with Gasteiger partial charge in [0.1, 0.15) is 34.5 Å². The van der Waals surface area contributed by atoms with E-state index in [-0.39, 0.29) is 0 Å². The summed E-state index contributed by atoms with van der Waals surface area (Å²) < 4.78 is 12.2. The van der Waals surface area contributed by atoms with Crippen LogP contribution < -0.4 is 9.47 Å². The first-order chi connectivity index (χ1) is 14.8. The van der Waals surface area contributed by atoms with Crippen LogP contribution in [0.2, 0.25) is 5.02 Å². The van der Waals surface area contributed by atoms with Gasteiger partial charge in [0.15, 0.2) is 0 Å². The molecule has 2 aromatic rings. The van der Waals surface area contributed by atoms with Gasteiger partial charge in [0, 0.05) is 15.9 Å². The number of hydrogen-bond acceptors (Lipinski definition) is 4. The van der Waals surface area contributed by atoms with Crippen molar-refractivity contribution in [3.05, 3.63) is 59.1 Å². The lowest BCUT2D eigenvalue weighted by Crippen LogP contribution is -2.44. The fourth-order valence-corrected chi connectivity index (χ4v) is 5.97. The molecule has 2 aliphatic carbocycles. The van der Waals surface area contributed by atoms with Gasteiger partial charge in [0.2, 0.25) is 0 Å². The monoisotopic (exact) mass is 458 g/mol. The fourth-order valence-electron chi connectivity index (χ4n) is 5.85. The lowest BCUT2D eigenvalue weighted by atomic mass is 9.74. The van der Waals surface area contributed by atoms with Gasteiger partial charge in [0.05, 0.1) is 0 Å². The number of hydrogen-bond donors (Lipinski definition) is 2. The number of aliphatic carboxylic acids is 2. The van der Waals surface area contributed by atoms with Gasteiger partial charge < -0.3 is 19.7 Å². The number of carboxylic acid groups (broad SMARTS) is 2. The van der Waals surface area contributed by atoms with Crippen LogP contribution in [0.15, 0.2) is 48.5 Å². The zero-order chi connectivity index (χ0) is 23.7. The number of carbonyl (C=O) groups is 2. The van der Waals surface area contributed by atoms with E-state index in [1.807, 2.05) is 19.1 Å². The molecule has 0 saturated heterocycles. The summed E-state index contributed by atoms with van der Waals surface area (Å²) in [6.07, 6.45) is -1.71. The first kappa shape index (κ1) is 22.5. The van der Waals surface area contributed by atoms with Crippen molar-refractivity contribution in [1.82, 2.24) is 0 Å². The fraction of sp³-hybridized carbons (Fsp3) is 0.440. The zero-order valence-corrected chi connectivity index (χ0v) is 19.4. The maximum absolute atomic E-state index is 12.9. The Morgan fingerprint density at radius 3 is 1.44 bits per heavy atom. The first-order valence-electron chi connectivity index (χ1n) is 10.5. The molecule has 2 N–H and O–H groups in total. The molecular weight excluding hydrogens is 432 g/mol. The predicted molar refractivity (Wildman–Crippen MR) is 119 cm³/mol. The maximum atomic E-state index is 12.9. The largest absolute Gasteiger partial charge is 0.489 e. The van der Waals surface area contributed by atoms with E-state index in [0.29, 0.717) is 16.5 Å². The van der Waals surface area contributed by atoms with Crippen molar-refractivity contribution in [2.24, 2.45) is 21.7 Å². The van der Waals surface area contributed by atoms with Crippen LogP contribution in [0.3, 0.4) is 0 Å². The van der Waals surface area contributed by atoms with E-state index < -0.39 is 45.8 Å². The standard InChI is InChI=1S/C25H27ClO6/c1-14-6-10-16(11-7-14)31-18-22(2,3)24(18,20(27)28)25(21(29)30)19(23(25,4)5)32-17-12-8-15(26)9-13-17/h6-13,18-19H,1-5H3,(H,27,28)(H,29,30). The third-order valence-corrected chi connectivity index (χ3v) is 7.85. The van der Waals surface area contributed by atoms with Crippen LogP contribution in [-0.4, -0.2) is 34.4 Å². The van der Waals surface area contributed by atoms with E-state index in [1.54, 1.807) is 64.1 Å². The number of aryl methyl sites for hydroxylation is 1. The topological polar surface area (TPSA) is 93.1 Å². The molecule has 0 aliphatic heterocycles. The van der Waals surface area contributed by atoms with Crippen LogP contribution in [0.4, 0.5) is 0 Å². The van der Waals surface area contributed by atoms with Gasteiger partial charge in [-0.1, -0.05) is 57.0 Å². The van der Waals surface area contributed by atoms with Gasteiger partial charge in [-0.2, -0.15) is 0 Å². The molecule has 4 atom stereocenters. The van der Waals surface area contributed by atoms with Crippen LogP contribution in [0, 0.1) is 28.6 Å². The molecule has 0 heterocycles. The number of benzene rings is 2. The van der Waals surface area contributed by atoms with Crippen molar-refractivity contribution in [2.45, 2.75) is 46.8 Å². The molecule has 7 heteroatoms. The lowest BCUT2D eigenvalue weighted by molar-refractivity contribution is -0.164. The van der Waals surface area contributed by atoms with Crippen molar-refractivity contribution >= 4 is 23.5 Å². The Morgan fingerprint density at radius 2 is 1.09 bits per heavy atom. The minimum Gasteiger partial charge on any atom is -0.489 e. The van der Waals surface area contributed by atoms with E-state index in [9.17, 15) is 19.8 Å². The van der Waals surface area contributed by atoms with Crippen LogP contribution in [0.25, 0.3) is 0 Å². The summed E-state index contributed by atoms with van der Waals surface area (Å²) in [7, 11) is 0. The first-order valence-corrected chi connectivity index (χ1v) is 10.8. The van der Waals surface area contributed by atoms with Crippen molar-refractivity contribution < 1.29 is 29.3 Å². The number of halogens is 1. The average Bonchev–Trinajstić information content (AvgIpc) is 3.41. The summed E-state index contributed by atoms with van der Waals surface area (Å²) in [6.45, 7) is 8.92. The van der Waals surface area contributed by atoms with Crippen LogP contribution in [0.1, 0.15) is 33.3 Å². The molecule has 32 heavy (non-hydrogen) atoms. The molecule has 2 saturated carbocycles. The number of ether oxygens (including phenoxy) is 2. The van der Waals surface area contributed by atoms with Gasteiger partial charge >= 0.3 is 11.9 Å². The van der Waals surface area contributed by atoms with Crippen molar-refractivity contribution in [1.29, 1.82) is 0 Å². The smallest absolute Gasteiger partial charge is 0.315 e. The summed E-state index contributed by atoms with van der Waals surface area (Å²) in [6, 6.07) is 13.9. The Labute approximate surface area is 192 Å². The number of rotatable bonds is 7. The minimum absolute atomic E-state index is 0.436. The Bertz CT molecular complexity index is 987. The second kappa shape index (κ2) is 6.88. The molecule has 0 bridgehead atoms. The quantitative estimate of drug-likeness (QED) is 0.602. The Kier molecular flexibility index (Phi) is 4.83. The Balaban J connectivity index is 1.77. The van der Waals surface area contributed by atoms with Crippen molar-refractivity contribution in [3.8, 4) is 11.5 Å². The van der Waals surface area contributed by atoms with E-state index in [2.05, 4.69) is 0 Å². The molecule has 0 radical (unpaired) electrons. The third-order valence-electron chi connectivity index (χ3n) is 7.60. The van der Waals surface area contributed by atoms with Crippen molar-refractivity contribution in [2.75, 3.05) is 0 Å². The summed E-state index contributed by atoms with van der Waals surface area (Å²) in [5, 5.41) is 21.5. The third kappa shape index (κ3) is 2.65. The van der Waals surface area contributed by atoms with Crippen molar-refractivity contribution in [3.63, 3.8) is 0 Å². The molecule has 2 aliphatic rings. The van der Waals surface area contributed by atoms with E-state index >= 15 is 0 Å². The Hall–Kier alpha value is -2.73. The SMILES string of the molecule is Cc1ccc(OC2C(C)(C)C2(C(=O)O)C2(C(=O)O)C(Oc3ccc(Cl)cc3)C2(C)C)cc1. The maximum Gasteiger partial charge on any atom is 0.315 e. The molecule has 4 unspecified atom stereocenters. The van der Waals surface area contributed by atoms with E-state index in [4.69, 9.17) is 21.1 Å². The van der Waals surface area contributed by atoms with Gasteiger partial charge in [-0.15, -0.1) is 0 Å². The molecule has 0 spiro atoms. The summed E-state index contributed by atoms with van der Waals surface area (Å²) in [5.41, 5.74) is -4.24. The second-order valence-electron chi connectivity index (χ2n) is 9.93. The lowest BCUT2D eigenvalue weighted by Gasteiger charge is -2.26. The Morgan fingerprint density at radius 1 is 0.750 bits per heavy atom. The van der Waals surface area contributed by atoms with Gasteiger partial charge in [-0.05, 0) is 43.3 Å². The summed E-state index contributed by atoms with van der Waals surface area (Å²) in [4.78, 5) is 25.7.